The highest BCUT2D eigenvalue weighted by Gasteiger charge is 2.15. The molecule has 0 atom stereocenters. The minimum Gasteiger partial charge on any atom is -0.465 e. The third-order valence-electron chi connectivity index (χ3n) is 2.90. The summed E-state index contributed by atoms with van der Waals surface area (Å²) < 4.78 is 9.77. The number of carbonyl (C=O) groups excluding carboxylic acids is 3. The van der Waals surface area contributed by atoms with Gasteiger partial charge in [0.1, 0.15) is 6.61 Å². The molecule has 118 valence electrons. The van der Waals surface area contributed by atoms with E-state index in [9.17, 15) is 14.4 Å². The number of rotatable bonds is 9. The van der Waals surface area contributed by atoms with Crippen LogP contribution in [-0.4, -0.2) is 30.9 Å². The molecular formula is C17H20O5. The largest absolute Gasteiger partial charge is 0.465 e. The molecule has 0 aliphatic heterocycles. The van der Waals surface area contributed by atoms with E-state index in [1.165, 1.54) is 0 Å². The first-order chi connectivity index (χ1) is 10.5. The average molecular weight is 304 g/mol. The van der Waals surface area contributed by atoms with Gasteiger partial charge in [0, 0.05) is 18.4 Å². The van der Waals surface area contributed by atoms with Gasteiger partial charge in [0.2, 0.25) is 0 Å². The van der Waals surface area contributed by atoms with Crippen LogP contribution in [0.3, 0.4) is 0 Å². The summed E-state index contributed by atoms with van der Waals surface area (Å²) in [7, 11) is 0. The molecular weight excluding hydrogens is 284 g/mol. The van der Waals surface area contributed by atoms with E-state index < -0.39 is 11.9 Å². The molecule has 5 heteroatoms. The lowest BCUT2D eigenvalue weighted by Gasteiger charge is -2.07. The van der Waals surface area contributed by atoms with Gasteiger partial charge in [-0.1, -0.05) is 43.8 Å². The van der Waals surface area contributed by atoms with Crippen molar-refractivity contribution in [2.45, 2.75) is 26.2 Å². The monoisotopic (exact) mass is 304 g/mol. The predicted molar refractivity (Wildman–Crippen MR) is 81.1 cm³/mol. The molecule has 0 amide bonds. The molecule has 0 aliphatic rings. The molecule has 0 fully saturated rings. The number of carbonyl (C=O) groups is 3. The molecule has 0 unspecified atom stereocenters. The summed E-state index contributed by atoms with van der Waals surface area (Å²) in [5.74, 6) is -1.48. The highest BCUT2D eigenvalue weighted by molar-refractivity contribution is 5.94. The van der Waals surface area contributed by atoms with E-state index in [1.54, 1.807) is 6.92 Å². The van der Waals surface area contributed by atoms with E-state index in [1.807, 2.05) is 30.3 Å². The van der Waals surface area contributed by atoms with Crippen LogP contribution in [0.2, 0.25) is 0 Å². The van der Waals surface area contributed by atoms with Crippen LogP contribution in [0, 0.1) is 0 Å². The van der Waals surface area contributed by atoms with Crippen LogP contribution in [0.15, 0.2) is 42.5 Å². The van der Waals surface area contributed by atoms with Crippen LogP contribution in [0.4, 0.5) is 0 Å². The van der Waals surface area contributed by atoms with E-state index in [4.69, 9.17) is 9.47 Å². The van der Waals surface area contributed by atoms with Crippen molar-refractivity contribution in [1.29, 1.82) is 0 Å². The van der Waals surface area contributed by atoms with Crippen molar-refractivity contribution in [2.24, 2.45) is 0 Å². The summed E-state index contributed by atoms with van der Waals surface area (Å²) in [4.78, 5) is 34.1. The van der Waals surface area contributed by atoms with Gasteiger partial charge in [0.05, 0.1) is 13.0 Å². The molecule has 1 aromatic carbocycles. The highest BCUT2D eigenvalue weighted by Crippen LogP contribution is 2.05. The quantitative estimate of drug-likeness (QED) is 0.517. The predicted octanol–water partition coefficient (Wildman–Crippen LogP) is 2.24. The minimum atomic E-state index is -0.748. The molecule has 0 heterocycles. The number of benzene rings is 1. The Bertz CT molecular complexity index is 533. The topological polar surface area (TPSA) is 69.7 Å². The second kappa shape index (κ2) is 9.50. The summed E-state index contributed by atoms with van der Waals surface area (Å²) in [6.07, 6.45) is 0.656. The lowest BCUT2D eigenvalue weighted by atomic mass is 10.2. The van der Waals surface area contributed by atoms with Crippen LogP contribution in [0.25, 0.3) is 0 Å². The Hall–Kier alpha value is -2.43. The van der Waals surface area contributed by atoms with Crippen molar-refractivity contribution in [3.63, 3.8) is 0 Å². The van der Waals surface area contributed by atoms with Crippen molar-refractivity contribution in [3.05, 3.63) is 48.0 Å². The molecule has 0 radical (unpaired) electrons. The maximum Gasteiger partial charge on any atom is 0.334 e. The van der Waals surface area contributed by atoms with E-state index in [0.717, 1.165) is 5.56 Å². The standard InChI is InChI=1S/C17H20O5/c1-3-15(18)12-22-17(20)13(2)11-16(19)21-10-9-14-7-5-4-6-8-14/h4-8H,2-3,9-12H2,1H3. The lowest BCUT2D eigenvalue weighted by Crippen LogP contribution is -2.17. The van der Waals surface area contributed by atoms with Crippen molar-refractivity contribution < 1.29 is 23.9 Å². The van der Waals surface area contributed by atoms with Gasteiger partial charge in [0.15, 0.2) is 5.78 Å². The minimum absolute atomic E-state index is 0.0198. The van der Waals surface area contributed by atoms with Gasteiger partial charge in [-0.05, 0) is 5.56 Å². The molecule has 0 spiro atoms. The van der Waals surface area contributed by atoms with Crippen LogP contribution < -0.4 is 0 Å². The van der Waals surface area contributed by atoms with Gasteiger partial charge in [0.25, 0.3) is 0 Å². The Morgan fingerprint density at radius 2 is 1.77 bits per heavy atom. The van der Waals surface area contributed by atoms with Crippen LogP contribution in [-0.2, 0) is 30.3 Å². The normalized spacial score (nSPS) is 9.86. The van der Waals surface area contributed by atoms with Gasteiger partial charge in [-0.15, -0.1) is 0 Å². The van der Waals surface area contributed by atoms with Gasteiger partial charge < -0.3 is 9.47 Å². The fraction of sp³-hybridized carbons (Fsp3) is 0.353. The van der Waals surface area contributed by atoms with Crippen molar-refractivity contribution >= 4 is 17.7 Å². The summed E-state index contributed by atoms with van der Waals surface area (Å²) in [5, 5.41) is 0. The SMILES string of the molecule is C=C(CC(=O)OCCc1ccccc1)C(=O)OCC(=O)CC. The summed E-state index contributed by atoms with van der Waals surface area (Å²) in [6.45, 7) is 5.10. The first-order valence-corrected chi connectivity index (χ1v) is 7.09. The molecule has 0 saturated heterocycles. The van der Waals surface area contributed by atoms with Crippen LogP contribution in [0.5, 0.6) is 0 Å². The maximum atomic E-state index is 11.6. The molecule has 1 aromatic rings. The molecule has 1 rings (SSSR count). The Labute approximate surface area is 129 Å². The van der Waals surface area contributed by atoms with Gasteiger partial charge in [-0.25, -0.2) is 4.79 Å². The smallest absolute Gasteiger partial charge is 0.334 e. The second-order valence-electron chi connectivity index (χ2n) is 4.70. The van der Waals surface area contributed by atoms with Crippen molar-refractivity contribution in [2.75, 3.05) is 13.2 Å². The maximum absolute atomic E-state index is 11.6. The first-order valence-electron chi connectivity index (χ1n) is 7.09. The number of hydrogen-bond donors (Lipinski definition) is 0. The molecule has 5 nitrogen and oxygen atoms in total. The van der Waals surface area contributed by atoms with Crippen LogP contribution >= 0.6 is 0 Å². The number of hydrogen-bond acceptors (Lipinski definition) is 5. The molecule has 0 saturated carbocycles. The first kappa shape index (κ1) is 17.6. The Kier molecular flexibility index (Phi) is 7.61. The second-order valence-corrected chi connectivity index (χ2v) is 4.70. The fourth-order valence-electron chi connectivity index (χ4n) is 1.57. The van der Waals surface area contributed by atoms with Gasteiger partial charge in [-0.2, -0.15) is 0 Å². The van der Waals surface area contributed by atoms with E-state index >= 15 is 0 Å². The van der Waals surface area contributed by atoms with E-state index in [-0.39, 0.29) is 31.0 Å². The Balaban J connectivity index is 2.24. The molecule has 0 aliphatic carbocycles. The molecule has 0 aromatic heterocycles. The zero-order chi connectivity index (χ0) is 16.4. The van der Waals surface area contributed by atoms with Crippen molar-refractivity contribution in [3.8, 4) is 0 Å². The summed E-state index contributed by atoms with van der Waals surface area (Å²) >= 11 is 0. The number of esters is 2. The average Bonchev–Trinajstić information content (AvgIpc) is 2.53. The van der Waals surface area contributed by atoms with E-state index in [0.29, 0.717) is 12.8 Å². The number of ether oxygens (including phenoxy) is 2. The zero-order valence-electron chi connectivity index (χ0n) is 12.7. The third-order valence-corrected chi connectivity index (χ3v) is 2.90. The molecule has 0 N–H and O–H groups in total. The zero-order valence-corrected chi connectivity index (χ0v) is 12.7. The third kappa shape index (κ3) is 6.83. The molecule has 0 bridgehead atoms. The Morgan fingerprint density at radius 3 is 2.41 bits per heavy atom. The number of Topliss-reactive ketones (excluding diaryl/α,β-unsaturated/α-hetero) is 1. The van der Waals surface area contributed by atoms with E-state index in [2.05, 4.69) is 6.58 Å². The van der Waals surface area contributed by atoms with Crippen LogP contribution in [0.1, 0.15) is 25.3 Å². The fourth-order valence-corrected chi connectivity index (χ4v) is 1.57. The van der Waals surface area contributed by atoms with Gasteiger partial charge in [-0.3, -0.25) is 9.59 Å². The summed E-state index contributed by atoms with van der Waals surface area (Å²) in [5.41, 5.74) is 1.04. The Morgan fingerprint density at radius 1 is 1.09 bits per heavy atom. The lowest BCUT2D eigenvalue weighted by molar-refractivity contribution is -0.147. The highest BCUT2D eigenvalue weighted by atomic mass is 16.5. The summed E-state index contributed by atoms with van der Waals surface area (Å²) in [6, 6.07) is 9.61. The van der Waals surface area contributed by atoms with Gasteiger partial charge >= 0.3 is 11.9 Å². The number of ketones is 1. The van der Waals surface area contributed by atoms with Crippen molar-refractivity contribution in [1.82, 2.24) is 0 Å². The molecule has 22 heavy (non-hydrogen) atoms.